The Hall–Kier alpha value is -3.74. The highest BCUT2D eigenvalue weighted by atomic mass is 35.5. The summed E-state index contributed by atoms with van der Waals surface area (Å²) in [7, 11) is 0. The van der Waals surface area contributed by atoms with Crippen LogP contribution in [0.2, 0.25) is 5.02 Å². The summed E-state index contributed by atoms with van der Waals surface area (Å²) in [6, 6.07) is 24.9. The molecule has 0 bridgehead atoms. The van der Waals surface area contributed by atoms with Crippen LogP contribution in [0.15, 0.2) is 96.4 Å². The third kappa shape index (κ3) is 5.69. The first-order valence-corrected chi connectivity index (χ1v) is 10.6. The van der Waals surface area contributed by atoms with Crippen molar-refractivity contribution in [2.45, 2.75) is 6.42 Å². The van der Waals surface area contributed by atoms with Crippen molar-refractivity contribution in [3.05, 3.63) is 108 Å². The minimum absolute atomic E-state index is 0.346. The molecule has 0 aliphatic heterocycles. The second-order valence-corrected chi connectivity index (χ2v) is 7.51. The highest BCUT2D eigenvalue weighted by Gasteiger charge is 2.09. The Morgan fingerprint density at radius 3 is 2.56 bits per heavy atom. The normalized spacial score (nSPS) is 11.0. The van der Waals surface area contributed by atoms with E-state index in [0.29, 0.717) is 17.1 Å². The lowest BCUT2D eigenvalue weighted by Crippen LogP contribution is -2.38. The van der Waals surface area contributed by atoms with Crippen molar-refractivity contribution in [2.75, 3.05) is 11.6 Å². The van der Waals surface area contributed by atoms with Crippen LogP contribution in [-0.2, 0) is 6.42 Å². The Morgan fingerprint density at radius 1 is 1.03 bits per heavy atom. The number of carbonyl (C=O) groups is 1. The number of nitrogens with one attached hydrogen (secondary N) is 2. The molecule has 4 aromatic rings. The number of halogens is 1. The molecule has 6 nitrogen and oxygen atoms in total. The van der Waals surface area contributed by atoms with E-state index in [1.807, 2.05) is 30.3 Å². The number of nitrogens with zero attached hydrogens (tertiary/aromatic N) is 3. The lowest BCUT2D eigenvalue weighted by Gasteiger charge is -2.21. The summed E-state index contributed by atoms with van der Waals surface area (Å²) in [5.41, 5.74) is 7.87. The molecule has 0 fully saturated rings. The van der Waals surface area contributed by atoms with Crippen LogP contribution in [-0.4, -0.2) is 28.8 Å². The maximum absolute atomic E-state index is 12.5. The second kappa shape index (κ2) is 10.5. The van der Waals surface area contributed by atoms with Crippen molar-refractivity contribution in [2.24, 2.45) is 4.99 Å². The number of benzene rings is 3. The van der Waals surface area contributed by atoms with Crippen LogP contribution in [0, 0.1) is 0 Å². The zero-order valence-corrected chi connectivity index (χ0v) is 18.0. The Kier molecular flexibility index (Phi) is 7.07. The Labute approximate surface area is 191 Å². The van der Waals surface area contributed by atoms with Gasteiger partial charge in [0, 0.05) is 35.4 Å². The van der Waals surface area contributed by atoms with E-state index in [1.54, 1.807) is 41.8 Å². The number of hydrazine groups is 1. The van der Waals surface area contributed by atoms with Gasteiger partial charge >= 0.3 is 0 Å². The molecule has 2 N–H and O–H groups in total. The number of carbonyl (C=O) groups excluding carboxylic acids is 1. The fourth-order valence-corrected chi connectivity index (χ4v) is 3.30. The number of H-pyrrole nitrogens is 1. The molecule has 1 amide bonds. The average molecular weight is 444 g/mol. The lowest BCUT2D eigenvalue weighted by molar-refractivity contribution is 0.100. The number of aromatic nitrogens is 2. The minimum atomic E-state index is -0.346. The molecule has 0 unspecified atom stereocenters. The number of aromatic amines is 1. The van der Waals surface area contributed by atoms with Crippen LogP contribution in [0.3, 0.4) is 0 Å². The fourth-order valence-electron chi connectivity index (χ4n) is 3.17. The summed E-state index contributed by atoms with van der Waals surface area (Å²) in [6.45, 7) is 0.624. The zero-order chi connectivity index (χ0) is 22.2. The van der Waals surface area contributed by atoms with Gasteiger partial charge in [0.15, 0.2) is 0 Å². The van der Waals surface area contributed by atoms with Gasteiger partial charge in [-0.15, -0.1) is 0 Å². The topological polar surface area (TPSA) is 73.4 Å². The molecule has 32 heavy (non-hydrogen) atoms. The molecule has 1 aromatic heterocycles. The van der Waals surface area contributed by atoms with E-state index in [1.165, 1.54) is 6.34 Å². The van der Waals surface area contributed by atoms with Crippen molar-refractivity contribution in [1.29, 1.82) is 0 Å². The highest BCUT2D eigenvalue weighted by molar-refractivity contribution is 6.30. The highest BCUT2D eigenvalue weighted by Crippen LogP contribution is 2.23. The molecular formula is C25H22ClN5O. The number of anilines is 1. The zero-order valence-electron chi connectivity index (χ0n) is 17.3. The molecule has 0 aliphatic rings. The predicted molar refractivity (Wildman–Crippen MR) is 129 cm³/mol. The van der Waals surface area contributed by atoms with Crippen molar-refractivity contribution < 1.29 is 4.79 Å². The van der Waals surface area contributed by atoms with E-state index in [2.05, 4.69) is 44.7 Å². The van der Waals surface area contributed by atoms with E-state index in [4.69, 9.17) is 11.6 Å². The quantitative estimate of drug-likeness (QED) is 0.224. The van der Waals surface area contributed by atoms with Crippen molar-refractivity contribution >= 4 is 29.5 Å². The molecule has 0 spiro atoms. The van der Waals surface area contributed by atoms with Gasteiger partial charge in [-0.25, -0.2) is 10.4 Å². The predicted octanol–water partition coefficient (Wildman–Crippen LogP) is 5.15. The molecule has 160 valence electrons. The Morgan fingerprint density at radius 2 is 1.81 bits per heavy atom. The fraction of sp³-hybridized carbons (Fsp3) is 0.0800. The smallest absolute Gasteiger partial charge is 0.278 e. The van der Waals surface area contributed by atoms with Crippen molar-refractivity contribution in [3.63, 3.8) is 0 Å². The number of aliphatic imine (C=N–C) groups is 1. The van der Waals surface area contributed by atoms with E-state index >= 15 is 0 Å². The van der Waals surface area contributed by atoms with Gasteiger partial charge in [-0.1, -0.05) is 54.1 Å². The molecular weight excluding hydrogens is 422 g/mol. The van der Waals surface area contributed by atoms with Gasteiger partial charge < -0.3 is 4.98 Å². The lowest BCUT2D eigenvalue weighted by atomic mass is 10.1. The second-order valence-electron chi connectivity index (χ2n) is 7.08. The summed E-state index contributed by atoms with van der Waals surface area (Å²) in [5.74, 6) is -0.346. The average Bonchev–Trinajstić information content (AvgIpc) is 3.36. The Bertz CT molecular complexity index is 1170. The molecule has 0 aliphatic carbocycles. The number of amides is 1. The minimum Gasteiger partial charge on any atom is -0.348 e. The monoisotopic (exact) mass is 443 g/mol. The molecule has 7 heteroatoms. The number of hydrogen-bond donors (Lipinski definition) is 2. The molecule has 3 aromatic carbocycles. The number of rotatable bonds is 8. The van der Waals surface area contributed by atoms with Gasteiger partial charge in [0.05, 0.1) is 12.0 Å². The summed E-state index contributed by atoms with van der Waals surface area (Å²) in [6.07, 6.45) is 5.70. The SMILES string of the molecule is O=C(N=CN(NCCc1cnc[nH]1)c1cccc(-c2ccccc2)c1)c1ccc(Cl)cc1. The number of imidazole rings is 1. The first-order valence-electron chi connectivity index (χ1n) is 10.2. The van der Waals surface area contributed by atoms with Crippen LogP contribution in [0.25, 0.3) is 11.1 Å². The third-order valence-electron chi connectivity index (χ3n) is 4.84. The molecule has 1 heterocycles. The van der Waals surface area contributed by atoms with E-state index in [0.717, 1.165) is 28.9 Å². The first kappa shape index (κ1) is 21.5. The van der Waals surface area contributed by atoms with Gasteiger partial charge in [0.2, 0.25) is 0 Å². The maximum Gasteiger partial charge on any atom is 0.278 e. The van der Waals surface area contributed by atoms with Gasteiger partial charge in [-0.2, -0.15) is 4.99 Å². The van der Waals surface area contributed by atoms with Gasteiger partial charge in [-0.05, 0) is 47.5 Å². The summed E-state index contributed by atoms with van der Waals surface area (Å²) in [5, 5.41) is 2.33. The van der Waals surface area contributed by atoms with Gasteiger partial charge in [-0.3, -0.25) is 9.80 Å². The molecule has 4 rings (SSSR count). The van der Waals surface area contributed by atoms with E-state index in [9.17, 15) is 4.79 Å². The number of hydrogen-bond acceptors (Lipinski definition) is 3. The summed E-state index contributed by atoms with van der Waals surface area (Å²) in [4.78, 5) is 23.8. The van der Waals surface area contributed by atoms with Crippen LogP contribution in [0.5, 0.6) is 0 Å². The molecule has 0 saturated carbocycles. The van der Waals surface area contributed by atoms with Gasteiger partial charge in [0.25, 0.3) is 5.91 Å². The molecule has 0 saturated heterocycles. The maximum atomic E-state index is 12.5. The van der Waals surface area contributed by atoms with Crippen molar-refractivity contribution in [3.8, 4) is 11.1 Å². The van der Waals surface area contributed by atoms with Crippen LogP contribution in [0.1, 0.15) is 16.1 Å². The molecule has 0 atom stereocenters. The summed E-state index contributed by atoms with van der Waals surface area (Å²) >= 11 is 5.91. The van der Waals surface area contributed by atoms with E-state index < -0.39 is 0 Å². The van der Waals surface area contributed by atoms with Crippen molar-refractivity contribution in [1.82, 2.24) is 15.4 Å². The van der Waals surface area contributed by atoms with Crippen LogP contribution >= 0.6 is 11.6 Å². The van der Waals surface area contributed by atoms with E-state index in [-0.39, 0.29) is 5.91 Å². The Balaban J connectivity index is 1.55. The third-order valence-corrected chi connectivity index (χ3v) is 5.10. The van der Waals surface area contributed by atoms with Gasteiger partial charge in [0.1, 0.15) is 6.34 Å². The summed E-state index contributed by atoms with van der Waals surface area (Å²) < 4.78 is 0. The molecule has 0 radical (unpaired) electrons. The first-order chi connectivity index (χ1) is 15.7. The van der Waals surface area contributed by atoms with Crippen LogP contribution in [0.4, 0.5) is 5.69 Å². The largest absolute Gasteiger partial charge is 0.348 e. The standard InChI is InChI=1S/C25H22ClN5O/c26-22-11-9-20(10-12-22)25(32)29-18-31(30-14-13-23-16-27-17-28-23)24-8-4-7-21(15-24)19-5-2-1-3-6-19/h1-12,15-18,30H,13-14H2,(H,27,28). The van der Waals surface area contributed by atoms with Crippen LogP contribution < -0.4 is 10.4 Å².